The standard InChI is InChI=1S/C30H36O11/c1-12-8-16-21-25(37-12)41-28(39-21)11-26(2)15(9-17(28)38-16)19(32)24-30(40-24)22(26)20(33)23(34)27(3)14(6-7-29(27,30)35)13-4-5-18(31)36-10-13/h4-5,10,12,14-17,19-22,24-25,32-33,35H,6-9,11H2,1-3H3/t12-,14+,15+,16-,17+,19?,20-,21-,22+,24-,25-,26-,27-,28?,29+,30+/m0/s1. The van der Waals surface area contributed by atoms with Crippen molar-refractivity contribution in [2.24, 2.45) is 22.7 Å². The number of aliphatic hydroxyl groups excluding tert-OH is 2. The molecule has 0 radical (unpaired) electrons. The predicted octanol–water partition coefficient (Wildman–Crippen LogP) is 0.757. The average Bonchev–Trinajstić information content (AvgIpc) is 3.49. The van der Waals surface area contributed by atoms with Crippen LogP contribution < -0.4 is 5.63 Å². The minimum absolute atomic E-state index is 0.0504. The molecule has 0 aromatic carbocycles. The summed E-state index contributed by atoms with van der Waals surface area (Å²) >= 11 is 0. The summed E-state index contributed by atoms with van der Waals surface area (Å²) in [5, 5.41) is 36.6. The monoisotopic (exact) mass is 572 g/mol. The lowest BCUT2D eigenvalue weighted by atomic mass is 9.40. The Balaban J connectivity index is 1.15. The molecule has 2 spiro atoms. The summed E-state index contributed by atoms with van der Waals surface area (Å²) in [4.78, 5) is 26.0. The predicted molar refractivity (Wildman–Crippen MR) is 135 cm³/mol. The number of aliphatic hydroxyl groups is 3. The van der Waals surface area contributed by atoms with Gasteiger partial charge in [-0.05, 0) is 56.1 Å². The lowest BCUT2D eigenvalue weighted by Gasteiger charge is -2.65. The van der Waals surface area contributed by atoms with Crippen molar-refractivity contribution >= 4 is 5.78 Å². The molecule has 4 aliphatic heterocycles. The van der Waals surface area contributed by atoms with Gasteiger partial charge in [0.1, 0.15) is 35.6 Å². The Morgan fingerprint density at radius 2 is 1.83 bits per heavy atom. The third kappa shape index (κ3) is 2.68. The lowest BCUT2D eigenvalue weighted by molar-refractivity contribution is -0.346. The number of ether oxygens (including phenoxy) is 5. The van der Waals surface area contributed by atoms with E-state index in [4.69, 9.17) is 28.1 Å². The Morgan fingerprint density at radius 3 is 2.59 bits per heavy atom. The van der Waals surface area contributed by atoms with Gasteiger partial charge in [-0.3, -0.25) is 4.79 Å². The zero-order valence-electron chi connectivity index (χ0n) is 23.2. The smallest absolute Gasteiger partial charge is 0.335 e. The van der Waals surface area contributed by atoms with Crippen molar-refractivity contribution in [3.05, 3.63) is 34.4 Å². The Bertz CT molecular complexity index is 1390. The van der Waals surface area contributed by atoms with Crippen LogP contribution in [0, 0.1) is 22.7 Å². The Kier molecular flexibility index (Phi) is 4.71. The quantitative estimate of drug-likeness (QED) is 0.322. The first kappa shape index (κ1) is 25.8. The van der Waals surface area contributed by atoms with Crippen LogP contribution in [0.1, 0.15) is 64.4 Å². The van der Waals surface area contributed by atoms with Crippen LogP contribution in [0.4, 0.5) is 0 Å². The molecule has 9 rings (SSSR count). The van der Waals surface area contributed by atoms with Gasteiger partial charge in [0, 0.05) is 30.7 Å². The molecule has 16 atom stereocenters. The number of ketones is 1. The molecule has 8 fully saturated rings. The molecule has 11 nitrogen and oxygen atoms in total. The Morgan fingerprint density at radius 1 is 1.02 bits per heavy atom. The maximum Gasteiger partial charge on any atom is 0.335 e. The van der Waals surface area contributed by atoms with E-state index in [0.717, 1.165) is 0 Å². The zero-order valence-corrected chi connectivity index (χ0v) is 23.2. The molecule has 4 saturated carbocycles. The number of hydrogen-bond donors (Lipinski definition) is 3. The van der Waals surface area contributed by atoms with Gasteiger partial charge in [-0.15, -0.1) is 0 Å². The average molecular weight is 573 g/mol. The van der Waals surface area contributed by atoms with E-state index in [1.54, 1.807) is 13.0 Å². The molecule has 5 heterocycles. The van der Waals surface area contributed by atoms with E-state index in [-0.39, 0.29) is 37.1 Å². The molecule has 8 aliphatic rings. The summed E-state index contributed by atoms with van der Waals surface area (Å²) in [5.41, 5.74) is -5.26. The van der Waals surface area contributed by atoms with Crippen LogP contribution in [0.15, 0.2) is 27.6 Å². The van der Waals surface area contributed by atoms with E-state index in [1.807, 2.05) is 13.8 Å². The molecule has 4 saturated heterocycles. The molecule has 11 heteroatoms. The third-order valence-electron chi connectivity index (χ3n) is 12.8. The molecule has 4 aliphatic carbocycles. The summed E-state index contributed by atoms with van der Waals surface area (Å²) in [7, 11) is 0. The van der Waals surface area contributed by atoms with E-state index < -0.39 is 81.8 Å². The second kappa shape index (κ2) is 7.50. The topological polar surface area (TPSA) is 157 Å². The van der Waals surface area contributed by atoms with E-state index in [9.17, 15) is 24.9 Å². The summed E-state index contributed by atoms with van der Waals surface area (Å²) in [6, 6.07) is 2.91. The fourth-order valence-electron chi connectivity index (χ4n) is 11.1. The van der Waals surface area contributed by atoms with E-state index in [2.05, 4.69) is 0 Å². The van der Waals surface area contributed by atoms with Crippen molar-refractivity contribution in [2.45, 2.75) is 125 Å². The van der Waals surface area contributed by atoms with Crippen LogP contribution in [-0.4, -0.2) is 87.1 Å². The highest BCUT2D eigenvalue weighted by molar-refractivity contribution is 5.94. The fraction of sp³-hybridized carbons (Fsp3) is 0.800. The van der Waals surface area contributed by atoms with Crippen LogP contribution in [-0.2, 0) is 28.5 Å². The number of fused-ring (bicyclic) bond motifs is 3. The van der Waals surface area contributed by atoms with Gasteiger partial charge in [-0.25, -0.2) is 4.79 Å². The second-order valence-corrected chi connectivity index (χ2v) is 14.4. The normalized spacial score (nSPS) is 61.3. The van der Waals surface area contributed by atoms with Gasteiger partial charge in [-0.2, -0.15) is 0 Å². The number of epoxide rings is 1. The highest BCUT2D eigenvalue weighted by Gasteiger charge is 2.91. The zero-order chi connectivity index (χ0) is 28.5. The highest BCUT2D eigenvalue weighted by Crippen LogP contribution is 2.78. The second-order valence-electron chi connectivity index (χ2n) is 14.4. The molecule has 2 bridgehead atoms. The summed E-state index contributed by atoms with van der Waals surface area (Å²) in [5.74, 6) is -3.33. The summed E-state index contributed by atoms with van der Waals surface area (Å²) in [6.07, 6.45) is -1.47. The van der Waals surface area contributed by atoms with Gasteiger partial charge in [0.25, 0.3) is 0 Å². The van der Waals surface area contributed by atoms with Gasteiger partial charge in [0.2, 0.25) is 0 Å². The molecule has 3 N–H and O–H groups in total. The van der Waals surface area contributed by atoms with E-state index in [0.29, 0.717) is 24.8 Å². The first-order valence-electron chi connectivity index (χ1n) is 15.0. The van der Waals surface area contributed by atoms with E-state index >= 15 is 0 Å². The van der Waals surface area contributed by atoms with Crippen LogP contribution in [0.5, 0.6) is 0 Å². The largest absolute Gasteiger partial charge is 0.431 e. The van der Waals surface area contributed by atoms with Crippen LogP contribution in [0.3, 0.4) is 0 Å². The Labute approximate surface area is 236 Å². The molecule has 1 aromatic rings. The molecular formula is C30H36O11. The van der Waals surface area contributed by atoms with Crippen molar-refractivity contribution < 1.29 is 48.2 Å². The summed E-state index contributed by atoms with van der Waals surface area (Å²) in [6.45, 7) is 5.62. The van der Waals surface area contributed by atoms with Crippen molar-refractivity contribution in [3.63, 3.8) is 0 Å². The fourth-order valence-corrected chi connectivity index (χ4v) is 11.1. The minimum atomic E-state index is -1.67. The van der Waals surface area contributed by atoms with Crippen molar-refractivity contribution in [1.29, 1.82) is 0 Å². The van der Waals surface area contributed by atoms with E-state index in [1.165, 1.54) is 12.3 Å². The first-order valence-corrected chi connectivity index (χ1v) is 15.0. The number of hydrogen-bond acceptors (Lipinski definition) is 11. The van der Waals surface area contributed by atoms with Crippen molar-refractivity contribution in [1.82, 2.24) is 0 Å². The lowest BCUT2D eigenvalue weighted by Crippen LogP contribution is -2.78. The SMILES string of the molecule is C[C@H]1C[C@@H]2O[C@@H]3C[C@@H]4C(O)[C@@H]5O[C@]56[C@H]([C@H](O)C(=O)[C@]5(C)[C@@H](c7ccc(=O)oc7)CC[C@]65O)[C@@]4(C)CC34O[C@H](O1)[C@H]2O4. The maximum absolute atomic E-state index is 14.4. The molecule has 222 valence electrons. The van der Waals surface area contributed by atoms with Crippen molar-refractivity contribution in [2.75, 3.05) is 0 Å². The first-order chi connectivity index (χ1) is 19.4. The van der Waals surface area contributed by atoms with Gasteiger partial charge in [0.05, 0.1) is 30.0 Å². The molecule has 41 heavy (non-hydrogen) atoms. The minimum Gasteiger partial charge on any atom is -0.431 e. The van der Waals surface area contributed by atoms with Gasteiger partial charge < -0.3 is 43.4 Å². The van der Waals surface area contributed by atoms with Gasteiger partial charge in [-0.1, -0.05) is 6.92 Å². The van der Waals surface area contributed by atoms with Gasteiger partial charge in [0.15, 0.2) is 17.9 Å². The summed E-state index contributed by atoms with van der Waals surface area (Å²) < 4.78 is 37.3. The number of rotatable bonds is 1. The number of carbonyl (C=O) groups is 1. The van der Waals surface area contributed by atoms with Gasteiger partial charge >= 0.3 is 5.63 Å². The molecule has 1 aromatic heterocycles. The van der Waals surface area contributed by atoms with Crippen LogP contribution >= 0.6 is 0 Å². The molecule has 0 amide bonds. The number of Topliss-reactive ketones (excluding diaryl/α,β-unsaturated/α-hetero) is 1. The third-order valence-corrected chi connectivity index (χ3v) is 12.8. The molecular weight excluding hydrogens is 536 g/mol. The highest BCUT2D eigenvalue weighted by atomic mass is 16.9. The number of carbonyl (C=O) groups excluding carboxylic acids is 1. The van der Waals surface area contributed by atoms with Crippen molar-refractivity contribution in [3.8, 4) is 0 Å². The molecule has 2 unspecified atom stereocenters. The maximum atomic E-state index is 14.4. The van der Waals surface area contributed by atoms with Crippen LogP contribution in [0.25, 0.3) is 0 Å². The van der Waals surface area contributed by atoms with Crippen LogP contribution in [0.2, 0.25) is 0 Å². The Hall–Kier alpha value is -1.70.